The summed E-state index contributed by atoms with van der Waals surface area (Å²) < 4.78 is 40.3. The van der Waals surface area contributed by atoms with Crippen molar-refractivity contribution in [3.05, 3.63) is 95.5 Å². The number of para-hydroxylation sites is 1. The number of aryl methyl sites for hydroxylation is 1. The summed E-state index contributed by atoms with van der Waals surface area (Å²) in [5, 5.41) is 5.11. The van der Waals surface area contributed by atoms with E-state index >= 15 is 0 Å². The SMILES string of the molecule is Cc1ccc(S(=O)(=O)N2C[C@H](C(=O)Nc3ccc4c(c3)oc3ccccc34)Oc3ccc(Cl)cc32)cc1. The van der Waals surface area contributed by atoms with Crippen LogP contribution in [0, 0.1) is 6.92 Å². The van der Waals surface area contributed by atoms with Crippen molar-refractivity contribution in [2.24, 2.45) is 0 Å². The van der Waals surface area contributed by atoms with Crippen molar-refractivity contribution in [1.82, 2.24) is 0 Å². The number of sulfonamides is 1. The molecule has 1 N–H and O–H groups in total. The molecule has 1 aliphatic rings. The Morgan fingerprint density at radius 3 is 2.51 bits per heavy atom. The van der Waals surface area contributed by atoms with Gasteiger partial charge in [0.05, 0.1) is 17.1 Å². The third-order valence-corrected chi connectivity index (χ3v) is 8.37. The van der Waals surface area contributed by atoms with Gasteiger partial charge in [-0.15, -0.1) is 0 Å². The Morgan fingerprint density at radius 2 is 1.70 bits per heavy atom. The third kappa shape index (κ3) is 4.18. The van der Waals surface area contributed by atoms with E-state index in [4.69, 9.17) is 20.8 Å². The molecule has 5 aromatic rings. The van der Waals surface area contributed by atoms with Crippen LogP contribution < -0.4 is 14.4 Å². The fourth-order valence-corrected chi connectivity index (χ4v) is 6.09. The minimum Gasteiger partial charge on any atom is -0.476 e. The first kappa shape index (κ1) is 23.4. The lowest BCUT2D eigenvalue weighted by molar-refractivity contribution is -0.122. The lowest BCUT2D eigenvalue weighted by Gasteiger charge is -2.34. The van der Waals surface area contributed by atoms with E-state index in [-0.39, 0.29) is 22.9 Å². The van der Waals surface area contributed by atoms with Gasteiger partial charge in [0.25, 0.3) is 15.9 Å². The fourth-order valence-electron chi connectivity index (χ4n) is 4.45. The van der Waals surface area contributed by atoms with Gasteiger partial charge in [0.15, 0.2) is 6.10 Å². The first-order chi connectivity index (χ1) is 17.8. The Balaban J connectivity index is 1.32. The molecule has 0 fully saturated rings. The molecule has 1 atom stereocenters. The number of furan rings is 1. The monoisotopic (exact) mass is 532 g/mol. The second-order valence-electron chi connectivity index (χ2n) is 8.87. The smallest absolute Gasteiger partial charge is 0.267 e. The van der Waals surface area contributed by atoms with Gasteiger partial charge in [-0.1, -0.05) is 47.5 Å². The van der Waals surface area contributed by atoms with Crippen LogP contribution in [-0.2, 0) is 14.8 Å². The quantitative estimate of drug-likeness (QED) is 0.300. The van der Waals surface area contributed by atoms with Crippen LogP contribution in [0.2, 0.25) is 5.02 Å². The highest BCUT2D eigenvalue weighted by atomic mass is 35.5. The molecule has 0 saturated heterocycles. The van der Waals surface area contributed by atoms with E-state index in [0.717, 1.165) is 21.9 Å². The number of hydrogen-bond acceptors (Lipinski definition) is 5. The molecule has 7 nitrogen and oxygen atoms in total. The van der Waals surface area contributed by atoms with Crippen LogP contribution in [0.5, 0.6) is 5.75 Å². The Bertz CT molecular complexity index is 1780. The molecule has 0 radical (unpaired) electrons. The van der Waals surface area contributed by atoms with E-state index in [0.29, 0.717) is 16.3 Å². The van der Waals surface area contributed by atoms with Crippen molar-refractivity contribution in [1.29, 1.82) is 0 Å². The molecule has 186 valence electrons. The maximum absolute atomic E-state index is 13.6. The van der Waals surface area contributed by atoms with Crippen molar-refractivity contribution in [2.75, 3.05) is 16.2 Å². The number of nitrogens with one attached hydrogen (secondary N) is 1. The molecule has 4 aromatic carbocycles. The highest BCUT2D eigenvalue weighted by Crippen LogP contribution is 2.39. The molecule has 2 heterocycles. The number of carbonyl (C=O) groups excluding carboxylic acids is 1. The van der Waals surface area contributed by atoms with E-state index in [1.54, 1.807) is 48.5 Å². The van der Waals surface area contributed by atoms with Gasteiger partial charge in [-0.3, -0.25) is 9.10 Å². The molecular weight excluding hydrogens is 512 g/mol. The normalized spacial score (nSPS) is 15.4. The molecule has 0 spiro atoms. The summed E-state index contributed by atoms with van der Waals surface area (Å²) >= 11 is 6.18. The highest BCUT2D eigenvalue weighted by molar-refractivity contribution is 7.92. The second kappa shape index (κ2) is 8.83. The van der Waals surface area contributed by atoms with Crippen molar-refractivity contribution in [2.45, 2.75) is 17.9 Å². The number of hydrogen-bond donors (Lipinski definition) is 1. The van der Waals surface area contributed by atoms with Crippen molar-refractivity contribution < 1.29 is 22.4 Å². The van der Waals surface area contributed by atoms with Gasteiger partial charge >= 0.3 is 0 Å². The molecule has 1 aromatic heterocycles. The van der Waals surface area contributed by atoms with Gasteiger partial charge in [-0.2, -0.15) is 0 Å². The number of fused-ring (bicyclic) bond motifs is 4. The number of rotatable bonds is 4. The minimum absolute atomic E-state index is 0.112. The van der Waals surface area contributed by atoms with Gasteiger partial charge < -0.3 is 14.5 Å². The summed E-state index contributed by atoms with van der Waals surface area (Å²) in [7, 11) is -3.99. The van der Waals surface area contributed by atoms with Crippen molar-refractivity contribution >= 4 is 60.8 Å². The average Bonchev–Trinajstić information content (AvgIpc) is 3.26. The molecule has 37 heavy (non-hydrogen) atoms. The largest absolute Gasteiger partial charge is 0.476 e. The zero-order valence-electron chi connectivity index (χ0n) is 19.6. The highest BCUT2D eigenvalue weighted by Gasteiger charge is 2.38. The molecular formula is C28H21ClN2O5S. The zero-order chi connectivity index (χ0) is 25.7. The summed E-state index contributed by atoms with van der Waals surface area (Å²) in [6.45, 7) is 1.66. The number of ether oxygens (including phenoxy) is 1. The Labute approximate surface area is 218 Å². The van der Waals surface area contributed by atoms with Crippen LogP contribution in [0.1, 0.15) is 5.56 Å². The van der Waals surface area contributed by atoms with E-state index in [1.165, 1.54) is 10.4 Å². The average molecular weight is 533 g/mol. The first-order valence-corrected chi connectivity index (χ1v) is 13.4. The van der Waals surface area contributed by atoms with Gasteiger partial charge in [0.1, 0.15) is 16.9 Å². The van der Waals surface area contributed by atoms with Gasteiger partial charge in [-0.25, -0.2) is 8.42 Å². The van der Waals surface area contributed by atoms with Crippen LogP contribution >= 0.6 is 11.6 Å². The van der Waals surface area contributed by atoms with E-state index in [2.05, 4.69) is 5.32 Å². The van der Waals surface area contributed by atoms with Gasteiger partial charge in [0.2, 0.25) is 0 Å². The van der Waals surface area contributed by atoms with E-state index in [9.17, 15) is 13.2 Å². The summed E-state index contributed by atoms with van der Waals surface area (Å²) in [6.07, 6.45) is -1.10. The second-order valence-corrected chi connectivity index (χ2v) is 11.2. The Hall–Kier alpha value is -4.01. The maximum Gasteiger partial charge on any atom is 0.267 e. The van der Waals surface area contributed by atoms with Crippen molar-refractivity contribution in [3.8, 4) is 5.75 Å². The van der Waals surface area contributed by atoms with Crippen LogP contribution in [-0.4, -0.2) is 27.0 Å². The summed E-state index contributed by atoms with van der Waals surface area (Å²) in [5.74, 6) is -0.237. The molecule has 1 amide bonds. The lowest BCUT2D eigenvalue weighted by atomic mass is 10.1. The standard InChI is InChI=1S/C28H21ClN2O5S/c1-17-6-10-20(11-7-17)37(33,34)31-16-27(36-25-13-8-18(29)14-23(25)31)28(32)30-19-9-12-22-21-4-2-3-5-24(21)35-26(22)15-19/h2-15,27H,16H2,1H3,(H,30,32)/t27-/m1/s1. The number of anilines is 2. The van der Waals surface area contributed by atoms with Gasteiger partial charge in [0, 0.05) is 27.5 Å². The number of halogens is 1. The van der Waals surface area contributed by atoms with Crippen LogP contribution in [0.15, 0.2) is 94.2 Å². The van der Waals surface area contributed by atoms with Crippen LogP contribution in [0.3, 0.4) is 0 Å². The minimum atomic E-state index is -3.99. The molecule has 0 bridgehead atoms. The fraction of sp³-hybridized carbons (Fsp3) is 0.107. The molecule has 0 unspecified atom stereocenters. The van der Waals surface area contributed by atoms with E-state index in [1.807, 2.05) is 37.3 Å². The van der Waals surface area contributed by atoms with Crippen LogP contribution in [0.4, 0.5) is 11.4 Å². The molecule has 1 aliphatic heterocycles. The molecule has 9 heteroatoms. The Kier molecular flexibility index (Phi) is 5.58. The number of nitrogens with zero attached hydrogens (tertiary/aromatic N) is 1. The number of benzene rings is 4. The summed E-state index contributed by atoms with van der Waals surface area (Å²) in [4.78, 5) is 13.4. The summed E-state index contributed by atoms with van der Waals surface area (Å²) in [6, 6.07) is 24.3. The Morgan fingerprint density at radius 1 is 0.946 bits per heavy atom. The van der Waals surface area contributed by atoms with Gasteiger partial charge in [-0.05, 0) is 55.5 Å². The maximum atomic E-state index is 13.6. The summed E-state index contributed by atoms with van der Waals surface area (Å²) in [5.41, 5.74) is 3.11. The van der Waals surface area contributed by atoms with Crippen LogP contribution in [0.25, 0.3) is 21.9 Å². The topological polar surface area (TPSA) is 88.9 Å². The van der Waals surface area contributed by atoms with E-state index < -0.39 is 22.0 Å². The predicted molar refractivity (Wildman–Crippen MR) is 144 cm³/mol. The molecule has 0 aliphatic carbocycles. The predicted octanol–water partition coefficient (Wildman–Crippen LogP) is 6.14. The number of amides is 1. The number of carbonyl (C=O) groups is 1. The first-order valence-electron chi connectivity index (χ1n) is 11.6. The molecule has 6 rings (SSSR count). The lowest BCUT2D eigenvalue weighted by Crippen LogP contribution is -2.48. The molecule has 0 saturated carbocycles. The zero-order valence-corrected chi connectivity index (χ0v) is 21.2. The van der Waals surface area contributed by atoms with Crippen molar-refractivity contribution in [3.63, 3.8) is 0 Å². The third-order valence-electron chi connectivity index (χ3n) is 6.34.